The summed E-state index contributed by atoms with van der Waals surface area (Å²) in [6.45, 7) is 2.87. The van der Waals surface area contributed by atoms with Crippen LogP contribution in [0.25, 0.3) is 22.2 Å². The summed E-state index contributed by atoms with van der Waals surface area (Å²) >= 11 is 0. The normalized spacial score (nSPS) is 23.2. The highest BCUT2D eigenvalue weighted by Gasteiger charge is 2.37. The topological polar surface area (TPSA) is 49.9 Å². The molecule has 2 aromatic carbocycles. The van der Waals surface area contributed by atoms with Crippen molar-refractivity contribution in [1.82, 2.24) is 15.5 Å². The maximum atomic E-state index is 5.92. The summed E-state index contributed by atoms with van der Waals surface area (Å²) < 4.78 is 5.92. The van der Waals surface area contributed by atoms with Crippen LogP contribution in [0.5, 0.6) is 5.75 Å². The molecule has 1 aromatic heterocycles. The Bertz CT molecular complexity index is 885. The minimum absolute atomic E-state index is 0.694. The van der Waals surface area contributed by atoms with E-state index in [4.69, 9.17) is 4.74 Å². The molecular weight excluding hydrogens is 298 g/mol. The molecule has 122 valence electrons. The summed E-state index contributed by atoms with van der Waals surface area (Å²) in [6.07, 6.45) is 2.32. The molecule has 3 aromatic rings. The number of H-pyrrole nitrogens is 1. The Balaban J connectivity index is 1.61. The third-order valence-corrected chi connectivity index (χ3v) is 5.22. The molecule has 1 saturated carbocycles. The van der Waals surface area contributed by atoms with Gasteiger partial charge in [0.2, 0.25) is 0 Å². The second-order valence-corrected chi connectivity index (χ2v) is 6.91. The van der Waals surface area contributed by atoms with Crippen LogP contribution in [0.4, 0.5) is 0 Å². The summed E-state index contributed by atoms with van der Waals surface area (Å²) in [4.78, 5) is 0. The fraction of sp³-hybridized carbons (Fsp3) is 0.350. The van der Waals surface area contributed by atoms with E-state index in [0.717, 1.165) is 54.4 Å². The quantitative estimate of drug-likeness (QED) is 0.664. The van der Waals surface area contributed by atoms with Crippen LogP contribution in [0.1, 0.15) is 24.3 Å². The second kappa shape index (κ2) is 5.64. The number of nitrogens with one attached hydrogen (secondary N) is 2. The Kier molecular flexibility index (Phi) is 3.30. The number of aromatic nitrogens is 2. The molecule has 0 radical (unpaired) electrons. The maximum absolute atomic E-state index is 5.92. The lowest BCUT2D eigenvalue weighted by Gasteiger charge is -2.07. The molecule has 5 rings (SSSR count). The molecule has 1 fully saturated rings. The van der Waals surface area contributed by atoms with Gasteiger partial charge in [0.1, 0.15) is 11.4 Å². The predicted octanol–water partition coefficient (Wildman–Crippen LogP) is 3.71. The smallest absolute Gasteiger partial charge is 0.120 e. The molecule has 1 aliphatic carbocycles. The van der Waals surface area contributed by atoms with E-state index < -0.39 is 0 Å². The van der Waals surface area contributed by atoms with Gasteiger partial charge in [-0.15, -0.1) is 0 Å². The van der Waals surface area contributed by atoms with Crippen molar-refractivity contribution >= 4 is 10.9 Å². The van der Waals surface area contributed by atoms with E-state index in [-0.39, 0.29) is 0 Å². The van der Waals surface area contributed by atoms with Crippen LogP contribution < -0.4 is 10.1 Å². The molecule has 1 aliphatic heterocycles. The van der Waals surface area contributed by atoms with E-state index in [9.17, 15) is 0 Å². The monoisotopic (exact) mass is 319 g/mol. The molecule has 2 atom stereocenters. The van der Waals surface area contributed by atoms with Gasteiger partial charge in [0.15, 0.2) is 0 Å². The molecule has 4 bridgehead atoms. The van der Waals surface area contributed by atoms with Crippen molar-refractivity contribution in [2.45, 2.75) is 18.8 Å². The fourth-order valence-corrected chi connectivity index (χ4v) is 3.78. The average Bonchev–Trinajstić information content (AvgIpc) is 3.27. The number of benzene rings is 2. The fourth-order valence-electron chi connectivity index (χ4n) is 3.78. The number of hydrogen-bond acceptors (Lipinski definition) is 3. The molecule has 0 saturated heterocycles. The van der Waals surface area contributed by atoms with Crippen molar-refractivity contribution in [3.05, 3.63) is 48.0 Å². The Morgan fingerprint density at radius 3 is 3.12 bits per heavy atom. The van der Waals surface area contributed by atoms with Crippen LogP contribution in [0.15, 0.2) is 42.5 Å². The van der Waals surface area contributed by atoms with Gasteiger partial charge in [-0.25, -0.2) is 0 Å². The summed E-state index contributed by atoms with van der Waals surface area (Å²) in [5, 5.41) is 12.4. The molecule has 24 heavy (non-hydrogen) atoms. The summed E-state index contributed by atoms with van der Waals surface area (Å²) in [5.74, 6) is 2.38. The largest absolute Gasteiger partial charge is 0.494 e. The minimum atomic E-state index is 0.694. The lowest BCUT2D eigenvalue weighted by atomic mass is 10.0. The highest BCUT2D eigenvalue weighted by molar-refractivity contribution is 5.93. The van der Waals surface area contributed by atoms with E-state index >= 15 is 0 Å². The Morgan fingerprint density at radius 1 is 1.12 bits per heavy atom. The first-order valence-corrected chi connectivity index (χ1v) is 8.80. The van der Waals surface area contributed by atoms with E-state index in [1.165, 1.54) is 17.5 Å². The van der Waals surface area contributed by atoms with E-state index in [1.807, 2.05) is 6.07 Å². The van der Waals surface area contributed by atoms with Gasteiger partial charge in [0.25, 0.3) is 0 Å². The van der Waals surface area contributed by atoms with Gasteiger partial charge >= 0.3 is 0 Å². The number of fused-ring (bicyclic) bond motifs is 6. The molecule has 2 N–H and O–H groups in total. The van der Waals surface area contributed by atoms with Gasteiger partial charge in [-0.1, -0.05) is 18.2 Å². The SMILES string of the molecule is c1cc2cc(c1)[C@H]1C[C@@H]1CNCCCOc1ccc3[nH]nc-2c3c1. The van der Waals surface area contributed by atoms with Gasteiger partial charge < -0.3 is 10.1 Å². The lowest BCUT2D eigenvalue weighted by molar-refractivity contribution is 0.308. The van der Waals surface area contributed by atoms with Gasteiger partial charge in [-0.3, -0.25) is 5.10 Å². The van der Waals surface area contributed by atoms with Gasteiger partial charge in [0, 0.05) is 10.9 Å². The highest BCUT2D eigenvalue weighted by atomic mass is 16.5. The second-order valence-electron chi connectivity index (χ2n) is 6.91. The van der Waals surface area contributed by atoms with Crippen LogP contribution in [0.2, 0.25) is 0 Å². The Labute approximate surface area is 141 Å². The molecule has 0 spiro atoms. The number of aromatic amines is 1. The molecule has 0 amide bonds. The van der Waals surface area contributed by atoms with Crippen LogP contribution in [0.3, 0.4) is 0 Å². The number of hydrogen-bond donors (Lipinski definition) is 2. The first kappa shape index (κ1) is 14.1. The van der Waals surface area contributed by atoms with Crippen molar-refractivity contribution in [3.8, 4) is 17.0 Å². The standard InChI is InChI=1S/C20H21N3O/c1-3-13-9-14(4-1)20-18-11-16(5-6-19(18)22-23-20)24-8-2-7-21-12-15-10-17(13)15/h1,3-6,9,11,15,17,21H,2,7-8,10,12H2,(H,22,23)/t15-,17-/m1/s1. The maximum Gasteiger partial charge on any atom is 0.120 e. The Morgan fingerprint density at radius 2 is 2.12 bits per heavy atom. The molecule has 2 aliphatic rings. The van der Waals surface area contributed by atoms with E-state index in [2.05, 4.69) is 51.9 Å². The van der Waals surface area contributed by atoms with Crippen molar-refractivity contribution < 1.29 is 4.74 Å². The van der Waals surface area contributed by atoms with Gasteiger partial charge in [0.05, 0.1) is 12.1 Å². The van der Waals surface area contributed by atoms with Crippen molar-refractivity contribution in [3.63, 3.8) is 0 Å². The summed E-state index contributed by atoms with van der Waals surface area (Å²) in [5.41, 5.74) is 4.70. The predicted molar refractivity (Wildman–Crippen MR) is 95.4 cm³/mol. The zero-order valence-electron chi connectivity index (χ0n) is 13.6. The van der Waals surface area contributed by atoms with Crippen LogP contribution in [-0.2, 0) is 0 Å². The zero-order valence-corrected chi connectivity index (χ0v) is 13.6. The minimum Gasteiger partial charge on any atom is -0.494 e. The van der Waals surface area contributed by atoms with Gasteiger partial charge in [-0.05, 0) is 67.6 Å². The van der Waals surface area contributed by atoms with Crippen molar-refractivity contribution in [2.75, 3.05) is 19.7 Å². The van der Waals surface area contributed by atoms with Crippen molar-refractivity contribution in [1.29, 1.82) is 0 Å². The lowest BCUT2D eigenvalue weighted by Crippen LogP contribution is -2.20. The molecular formula is C20H21N3O. The molecule has 0 unspecified atom stereocenters. The van der Waals surface area contributed by atoms with Crippen molar-refractivity contribution in [2.24, 2.45) is 5.92 Å². The third kappa shape index (κ3) is 2.47. The average molecular weight is 319 g/mol. The molecule has 2 heterocycles. The molecule has 4 nitrogen and oxygen atoms in total. The van der Waals surface area contributed by atoms with E-state index in [1.54, 1.807) is 0 Å². The first-order chi connectivity index (χ1) is 11.9. The van der Waals surface area contributed by atoms with E-state index in [0.29, 0.717) is 5.92 Å². The highest BCUT2D eigenvalue weighted by Crippen LogP contribution is 2.47. The zero-order chi connectivity index (χ0) is 15.9. The van der Waals surface area contributed by atoms with Crippen LogP contribution >= 0.6 is 0 Å². The molecule has 4 heteroatoms. The number of rotatable bonds is 0. The number of ether oxygens (including phenoxy) is 1. The first-order valence-electron chi connectivity index (χ1n) is 8.80. The van der Waals surface area contributed by atoms with Crippen LogP contribution in [0, 0.1) is 5.92 Å². The third-order valence-electron chi connectivity index (χ3n) is 5.22. The van der Waals surface area contributed by atoms with Crippen LogP contribution in [-0.4, -0.2) is 29.9 Å². The number of nitrogens with zero attached hydrogens (tertiary/aromatic N) is 1. The van der Waals surface area contributed by atoms with Gasteiger partial charge in [-0.2, -0.15) is 5.10 Å². The summed E-state index contributed by atoms with van der Waals surface area (Å²) in [7, 11) is 0. The Hall–Kier alpha value is -2.33. The summed E-state index contributed by atoms with van der Waals surface area (Å²) in [6, 6.07) is 15.1.